The Bertz CT molecular complexity index is 451. The number of carbonyl (C=O) groups excluding carboxylic acids is 1. The van der Waals surface area contributed by atoms with Gasteiger partial charge in [0.05, 0.1) is 11.6 Å². The van der Waals surface area contributed by atoms with E-state index in [2.05, 4.69) is 18.3 Å². The quantitative estimate of drug-likeness (QED) is 0.793. The van der Waals surface area contributed by atoms with Crippen molar-refractivity contribution in [2.45, 2.75) is 46.0 Å². The summed E-state index contributed by atoms with van der Waals surface area (Å²) in [5.41, 5.74) is 3.53. The Morgan fingerprint density at radius 3 is 2.88 bits per heavy atom. The van der Waals surface area contributed by atoms with Crippen LogP contribution in [0.5, 0.6) is 0 Å². The molecule has 0 aromatic rings. The molecule has 0 fully saturated rings. The van der Waals surface area contributed by atoms with Crippen molar-refractivity contribution >= 4 is 5.78 Å². The summed E-state index contributed by atoms with van der Waals surface area (Å²) in [5, 5.41) is 12.2. The number of ketones is 1. The molecule has 1 atom stereocenters. The fourth-order valence-electron chi connectivity index (χ4n) is 2.72. The Balaban J connectivity index is 2.20. The molecule has 0 spiro atoms. The first kappa shape index (κ1) is 11.9. The first-order valence-electron chi connectivity index (χ1n) is 6.27. The van der Waals surface area contributed by atoms with Crippen LogP contribution in [0.2, 0.25) is 0 Å². The fraction of sp³-hybridized carbons (Fsp3) is 0.571. The topological polar surface area (TPSA) is 52.9 Å². The van der Waals surface area contributed by atoms with Gasteiger partial charge in [0.1, 0.15) is 0 Å². The smallest absolute Gasteiger partial charge is 0.161 e. The predicted octanol–water partition coefficient (Wildman–Crippen LogP) is 2.81. The Morgan fingerprint density at radius 1 is 1.47 bits per heavy atom. The minimum atomic E-state index is 0.234. The van der Waals surface area contributed by atoms with Crippen LogP contribution in [-0.4, -0.2) is 5.78 Å². The molecule has 1 N–H and O–H groups in total. The second-order valence-corrected chi connectivity index (χ2v) is 4.96. The van der Waals surface area contributed by atoms with Gasteiger partial charge in [-0.25, -0.2) is 0 Å². The lowest BCUT2D eigenvalue weighted by atomic mass is 9.80. The molecular weight excluding hydrogens is 212 g/mol. The van der Waals surface area contributed by atoms with Gasteiger partial charge in [-0.05, 0) is 25.7 Å². The third kappa shape index (κ3) is 2.26. The molecule has 2 aliphatic rings. The van der Waals surface area contributed by atoms with Gasteiger partial charge in [0.2, 0.25) is 0 Å². The molecule has 1 heterocycles. The number of rotatable bonds is 2. The second-order valence-electron chi connectivity index (χ2n) is 4.96. The highest BCUT2D eigenvalue weighted by Gasteiger charge is 2.30. The number of allylic oxidation sites excluding steroid dienone is 4. The Hall–Kier alpha value is -1.56. The highest BCUT2D eigenvalue weighted by atomic mass is 16.1. The lowest BCUT2D eigenvalue weighted by Crippen LogP contribution is -2.30. The normalized spacial score (nSPS) is 24.3. The molecule has 3 nitrogen and oxygen atoms in total. The standard InChI is InChI=1S/C14H18N2O/c1-3-4-10-5-13-12(14(17)6-10)7-11(8-15)9(2)16-13/h10,16H,3-7H2,1-2H3. The zero-order valence-corrected chi connectivity index (χ0v) is 10.5. The maximum Gasteiger partial charge on any atom is 0.161 e. The number of nitrogens with zero attached hydrogens (tertiary/aromatic N) is 1. The summed E-state index contributed by atoms with van der Waals surface area (Å²) in [7, 11) is 0. The van der Waals surface area contributed by atoms with Crippen LogP contribution in [0.3, 0.4) is 0 Å². The van der Waals surface area contributed by atoms with Crippen LogP contribution in [0, 0.1) is 17.2 Å². The van der Waals surface area contributed by atoms with Crippen LogP contribution in [-0.2, 0) is 4.79 Å². The van der Waals surface area contributed by atoms with E-state index in [0.29, 0.717) is 24.3 Å². The van der Waals surface area contributed by atoms with Gasteiger partial charge in [-0.2, -0.15) is 5.26 Å². The minimum absolute atomic E-state index is 0.234. The molecule has 1 aliphatic heterocycles. The average Bonchev–Trinajstić information content (AvgIpc) is 2.28. The number of hydrogen-bond acceptors (Lipinski definition) is 3. The summed E-state index contributed by atoms with van der Waals surface area (Å²) in [4.78, 5) is 12.1. The zero-order valence-electron chi connectivity index (χ0n) is 10.5. The van der Waals surface area contributed by atoms with Gasteiger partial charge >= 0.3 is 0 Å². The number of nitriles is 1. The van der Waals surface area contributed by atoms with E-state index in [1.165, 1.54) is 0 Å². The Labute approximate surface area is 102 Å². The molecule has 0 aromatic carbocycles. The number of nitrogens with one attached hydrogen (secondary N) is 1. The maximum atomic E-state index is 12.1. The summed E-state index contributed by atoms with van der Waals surface area (Å²) in [6.07, 6.45) is 4.39. The lowest BCUT2D eigenvalue weighted by molar-refractivity contribution is -0.117. The molecule has 0 saturated heterocycles. The predicted molar refractivity (Wildman–Crippen MR) is 65.7 cm³/mol. The third-order valence-corrected chi connectivity index (χ3v) is 3.64. The molecule has 0 radical (unpaired) electrons. The SMILES string of the molecule is CCCC1CC(=O)C2=C(C1)NC(C)=C(C#N)C2. The number of dihydropyridines is 1. The van der Waals surface area contributed by atoms with E-state index in [1.54, 1.807) is 0 Å². The van der Waals surface area contributed by atoms with Crippen LogP contribution in [0.15, 0.2) is 22.5 Å². The van der Waals surface area contributed by atoms with Crippen LogP contribution in [0.25, 0.3) is 0 Å². The molecule has 1 aliphatic carbocycles. The summed E-state index contributed by atoms with van der Waals surface area (Å²) in [6, 6.07) is 2.17. The largest absolute Gasteiger partial charge is 0.361 e. The van der Waals surface area contributed by atoms with Gasteiger partial charge in [0.25, 0.3) is 0 Å². The zero-order chi connectivity index (χ0) is 12.4. The van der Waals surface area contributed by atoms with Crippen molar-refractivity contribution in [2.75, 3.05) is 0 Å². The molecule has 2 rings (SSSR count). The molecule has 17 heavy (non-hydrogen) atoms. The second kappa shape index (κ2) is 4.75. The molecule has 0 bridgehead atoms. The molecule has 1 unspecified atom stereocenters. The van der Waals surface area contributed by atoms with Gasteiger partial charge in [0, 0.05) is 29.8 Å². The molecular formula is C14H18N2O. The van der Waals surface area contributed by atoms with Gasteiger partial charge in [0.15, 0.2) is 5.78 Å². The van der Waals surface area contributed by atoms with Crippen molar-refractivity contribution in [3.05, 3.63) is 22.5 Å². The first-order chi connectivity index (χ1) is 8.15. The van der Waals surface area contributed by atoms with E-state index >= 15 is 0 Å². The van der Waals surface area contributed by atoms with E-state index in [-0.39, 0.29) is 5.78 Å². The third-order valence-electron chi connectivity index (χ3n) is 3.64. The van der Waals surface area contributed by atoms with Crippen LogP contribution < -0.4 is 5.32 Å². The lowest BCUT2D eigenvalue weighted by Gasteiger charge is -2.30. The van der Waals surface area contributed by atoms with Crippen molar-refractivity contribution in [3.8, 4) is 6.07 Å². The van der Waals surface area contributed by atoms with Gasteiger partial charge in [-0.3, -0.25) is 4.79 Å². The van der Waals surface area contributed by atoms with E-state index < -0.39 is 0 Å². The summed E-state index contributed by atoms with van der Waals surface area (Å²) >= 11 is 0. The van der Waals surface area contributed by atoms with E-state index in [4.69, 9.17) is 5.26 Å². The van der Waals surface area contributed by atoms with E-state index in [9.17, 15) is 4.79 Å². The van der Waals surface area contributed by atoms with Crippen LogP contribution >= 0.6 is 0 Å². The first-order valence-corrected chi connectivity index (χ1v) is 6.27. The van der Waals surface area contributed by atoms with Crippen molar-refractivity contribution in [2.24, 2.45) is 5.92 Å². The highest BCUT2D eigenvalue weighted by molar-refractivity contribution is 5.98. The van der Waals surface area contributed by atoms with Crippen molar-refractivity contribution in [1.82, 2.24) is 5.32 Å². The molecule has 90 valence electrons. The van der Waals surface area contributed by atoms with E-state index in [1.807, 2.05) is 6.92 Å². The molecule has 3 heteroatoms. The van der Waals surface area contributed by atoms with Crippen molar-refractivity contribution < 1.29 is 4.79 Å². The Kier molecular flexibility index (Phi) is 3.33. The summed E-state index contributed by atoms with van der Waals surface area (Å²) in [5.74, 6) is 0.715. The molecule has 0 amide bonds. The molecule has 0 saturated carbocycles. The van der Waals surface area contributed by atoms with Crippen molar-refractivity contribution in [3.63, 3.8) is 0 Å². The minimum Gasteiger partial charge on any atom is -0.361 e. The van der Waals surface area contributed by atoms with Crippen LogP contribution in [0.1, 0.15) is 46.0 Å². The van der Waals surface area contributed by atoms with Crippen LogP contribution in [0.4, 0.5) is 0 Å². The Morgan fingerprint density at radius 2 is 2.24 bits per heavy atom. The maximum absolute atomic E-state index is 12.1. The molecule has 0 aromatic heterocycles. The average molecular weight is 230 g/mol. The van der Waals surface area contributed by atoms with E-state index in [0.717, 1.165) is 36.2 Å². The van der Waals surface area contributed by atoms with Gasteiger partial charge < -0.3 is 5.32 Å². The summed E-state index contributed by atoms with van der Waals surface area (Å²) in [6.45, 7) is 4.07. The number of hydrogen-bond donors (Lipinski definition) is 1. The highest BCUT2D eigenvalue weighted by Crippen LogP contribution is 2.34. The van der Waals surface area contributed by atoms with Gasteiger partial charge in [-0.15, -0.1) is 0 Å². The summed E-state index contributed by atoms with van der Waals surface area (Å²) < 4.78 is 0. The number of carbonyl (C=O) groups is 1. The van der Waals surface area contributed by atoms with Gasteiger partial charge in [-0.1, -0.05) is 13.3 Å². The monoisotopic (exact) mass is 230 g/mol. The van der Waals surface area contributed by atoms with Crippen molar-refractivity contribution in [1.29, 1.82) is 5.26 Å². The number of Topliss-reactive ketones (excluding diaryl/α,β-unsaturated/α-hetero) is 1. The fourth-order valence-corrected chi connectivity index (χ4v) is 2.72.